The van der Waals surface area contributed by atoms with E-state index in [0.717, 1.165) is 0 Å². The van der Waals surface area contributed by atoms with Crippen LogP contribution in [-0.4, -0.2) is 17.9 Å². The zero-order valence-corrected chi connectivity index (χ0v) is 6.82. The van der Waals surface area contributed by atoms with Gasteiger partial charge in [0, 0.05) is 25.2 Å². The maximum Gasteiger partial charge on any atom is 0.302 e. The molecule has 0 aliphatic heterocycles. The number of fused-ring (bicyclic) bond motifs is 1. The summed E-state index contributed by atoms with van der Waals surface area (Å²) in [6.45, 7) is 1.38. The molecular weight excluding hydrogens is 156 g/mol. The first-order valence-electron chi connectivity index (χ1n) is 4.07. The van der Waals surface area contributed by atoms with E-state index in [9.17, 15) is 9.59 Å². The number of hydrogen-bond donors (Lipinski definition) is 0. The monoisotopic (exact) mass is 166 g/mol. The molecule has 3 heteroatoms. The molecule has 0 aromatic heterocycles. The first-order valence-corrected chi connectivity index (χ1v) is 4.07. The molecule has 0 amide bonds. The van der Waals surface area contributed by atoms with Crippen molar-refractivity contribution in [2.24, 2.45) is 11.8 Å². The number of ketones is 1. The Balaban J connectivity index is 2.06. The van der Waals surface area contributed by atoms with E-state index < -0.39 is 0 Å². The molecule has 0 N–H and O–H groups in total. The Hall–Kier alpha value is -1.12. The maximum atomic E-state index is 11.2. The Bertz CT molecular complexity index is 267. The Morgan fingerprint density at radius 2 is 2.33 bits per heavy atom. The molecule has 0 bridgehead atoms. The summed E-state index contributed by atoms with van der Waals surface area (Å²) in [7, 11) is 0. The quantitative estimate of drug-likeness (QED) is 0.425. The summed E-state index contributed by atoms with van der Waals surface area (Å²) in [6, 6.07) is 0. The molecule has 0 radical (unpaired) electrons. The fraction of sp³-hybridized carbons (Fsp3) is 0.556. The van der Waals surface area contributed by atoms with Crippen molar-refractivity contribution in [3.63, 3.8) is 0 Å². The lowest BCUT2D eigenvalue weighted by atomic mass is 9.84. The van der Waals surface area contributed by atoms with Gasteiger partial charge in [0.25, 0.3) is 0 Å². The molecule has 0 spiro atoms. The summed E-state index contributed by atoms with van der Waals surface area (Å²) in [6.07, 6.45) is 4.03. The molecule has 0 saturated heterocycles. The van der Waals surface area contributed by atoms with Crippen molar-refractivity contribution in [1.82, 2.24) is 0 Å². The predicted molar refractivity (Wildman–Crippen MR) is 41.3 cm³/mol. The third kappa shape index (κ3) is 0.967. The minimum absolute atomic E-state index is 0.0364. The van der Waals surface area contributed by atoms with E-state index in [1.165, 1.54) is 6.92 Å². The van der Waals surface area contributed by atoms with Gasteiger partial charge in [0.2, 0.25) is 0 Å². The second-order valence-electron chi connectivity index (χ2n) is 3.31. The molecule has 2 aliphatic rings. The molecule has 3 atom stereocenters. The van der Waals surface area contributed by atoms with Crippen molar-refractivity contribution >= 4 is 11.8 Å². The molecule has 64 valence electrons. The molecule has 2 rings (SSSR count). The van der Waals surface area contributed by atoms with Crippen LogP contribution in [0.15, 0.2) is 12.2 Å². The van der Waals surface area contributed by atoms with Crippen LogP contribution in [0, 0.1) is 11.8 Å². The van der Waals surface area contributed by atoms with Crippen LogP contribution in [0.3, 0.4) is 0 Å². The van der Waals surface area contributed by atoms with Crippen molar-refractivity contribution < 1.29 is 14.3 Å². The molecule has 1 saturated carbocycles. The van der Waals surface area contributed by atoms with Crippen LogP contribution < -0.4 is 0 Å². The number of allylic oxidation sites excluding steroid dienone is 1. The fourth-order valence-corrected chi connectivity index (χ4v) is 1.83. The van der Waals surface area contributed by atoms with Gasteiger partial charge in [-0.15, -0.1) is 0 Å². The van der Waals surface area contributed by atoms with Gasteiger partial charge in [0.05, 0.1) is 0 Å². The SMILES string of the molecule is CC(=O)OC1CC(=O)C2C=CC12. The van der Waals surface area contributed by atoms with Gasteiger partial charge < -0.3 is 4.74 Å². The van der Waals surface area contributed by atoms with E-state index in [1.54, 1.807) is 0 Å². The highest BCUT2D eigenvalue weighted by Gasteiger charge is 2.45. The van der Waals surface area contributed by atoms with E-state index in [2.05, 4.69) is 0 Å². The highest BCUT2D eigenvalue weighted by molar-refractivity contribution is 5.88. The first-order chi connectivity index (χ1) is 5.68. The molecule has 12 heavy (non-hydrogen) atoms. The average molecular weight is 166 g/mol. The van der Waals surface area contributed by atoms with E-state index in [-0.39, 0.29) is 29.7 Å². The standard InChI is InChI=1S/C9H10O3/c1-5(10)12-9-4-8(11)6-2-3-7(6)9/h2-3,6-7,9H,4H2,1H3. The average Bonchev–Trinajstić information content (AvgIpc) is 1.98. The molecule has 0 heterocycles. The highest BCUT2D eigenvalue weighted by atomic mass is 16.5. The first kappa shape index (κ1) is 7.53. The maximum absolute atomic E-state index is 11.2. The largest absolute Gasteiger partial charge is 0.461 e. The van der Waals surface area contributed by atoms with Crippen LogP contribution in [0.25, 0.3) is 0 Å². The van der Waals surface area contributed by atoms with Crippen molar-refractivity contribution in [2.45, 2.75) is 19.4 Å². The van der Waals surface area contributed by atoms with Crippen molar-refractivity contribution in [2.75, 3.05) is 0 Å². The number of carbonyl (C=O) groups is 2. The Morgan fingerprint density at radius 3 is 2.75 bits per heavy atom. The van der Waals surface area contributed by atoms with Crippen LogP contribution in [0.1, 0.15) is 13.3 Å². The summed E-state index contributed by atoms with van der Waals surface area (Å²) in [5, 5.41) is 0. The van der Waals surface area contributed by atoms with Crippen LogP contribution in [0.5, 0.6) is 0 Å². The summed E-state index contributed by atoms with van der Waals surface area (Å²) in [4.78, 5) is 21.8. The molecule has 3 unspecified atom stereocenters. The molecule has 0 aromatic carbocycles. The summed E-state index contributed by atoms with van der Waals surface area (Å²) in [5.41, 5.74) is 0. The third-order valence-electron chi connectivity index (χ3n) is 2.48. The number of ether oxygens (including phenoxy) is 1. The van der Waals surface area contributed by atoms with Gasteiger partial charge in [0.15, 0.2) is 0 Å². The van der Waals surface area contributed by atoms with Crippen LogP contribution in [0.4, 0.5) is 0 Å². The third-order valence-corrected chi connectivity index (χ3v) is 2.48. The Labute approximate surface area is 70.4 Å². The number of esters is 1. The van der Waals surface area contributed by atoms with Crippen molar-refractivity contribution in [3.05, 3.63) is 12.2 Å². The van der Waals surface area contributed by atoms with Gasteiger partial charge in [-0.25, -0.2) is 0 Å². The fourth-order valence-electron chi connectivity index (χ4n) is 1.83. The van der Waals surface area contributed by atoms with Crippen molar-refractivity contribution in [3.8, 4) is 0 Å². The van der Waals surface area contributed by atoms with Crippen molar-refractivity contribution in [1.29, 1.82) is 0 Å². The minimum Gasteiger partial charge on any atom is -0.461 e. The van der Waals surface area contributed by atoms with Gasteiger partial charge in [-0.3, -0.25) is 9.59 Å². The zero-order chi connectivity index (χ0) is 8.72. The normalized spacial score (nSPS) is 37.4. The lowest BCUT2D eigenvalue weighted by molar-refractivity contribution is -0.147. The second-order valence-corrected chi connectivity index (χ2v) is 3.31. The van der Waals surface area contributed by atoms with Gasteiger partial charge in [-0.1, -0.05) is 12.2 Å². The van der Waals surface area contributed by atoms with Crippen LogP contribution in [0.2, 0.25) is 0 Å². The lowest BCUT2D eigenvalue weighted by Crippen LogP contribution is -2.26. The summed E-state index contributed by atoms with van der Waals surface area (Å²) in [5.74, 6) is 0.109. The van der Waals surface area contributed by atoms with Crippen LogP contribution in [-0.2, 0) is 14.3 Å². The van der Waals surface area contributed by atoms with Gasteiger partial charge in [0.1, 0.15) is 11.9 Å². The van der Waals surface area contributed by atoms with Gasteiger partial charge >= 0.3 is 5.97 Å². The van der Waals surface area contributed by atoms with E-state index in [1.807, 2.05) is 12.2 Å². The number of carbonyl (C=O) groups excluding carboxylic acids is 2. The van der Waals surface area contributed by atoms with E-state index >= 15 is 0 Å². The Morgan fingerprint density at radius 1 is 1.58 bits per heavy atom. The van der Waals surface area contributed by atoms with Gasteiger partial charge in [-0.2, -0.15) is 0 Å². The van der Waals surface area contributed by atoms with E-state index in [0.29, 0.717) is 6.42 Å². The van der Waals surface area contributed by atoms with Crippen LogP contribution >= 0.6 is 0 Å². The highest BCUT2D eigenvalue weighted by Crippen LogP contribution is 2.39. The molecule has 1 fully saturated rings. The topological polar surface area (TPSA) is 43.4 Å². The number of hydrogen-bond acceptors (Lipinski definition) is 3. The molecular formula is C9H10O3. The minimum atomic E-state index is -0.297. The number of rotatable bonds is 1. The van der Waals surface area contributed by atoms with Gasteiger partial charge in [-0.05, 0) is 0 Å². The smallest absolute Gasteiger partial charge is 0.302 e. The molecule has 0 aromatic rings. The molecule has 2 aliphatic carbocycles. The molecule has 3 nitrogen and oxygen atoms in total. The van der Waals surface area contributed by atoms with E-state index in [4.69, 9.17) is 4.74 Å². The predicted octanol–water partition coefficient (Wildman–Crippen LogP) is 0.693. The zero-order valence-electron chi connectivity index (χ0n) is 6.82. The summed E-state index contributed by atoms with van der Waals surface area (Å²) >= 11 is 0. The Kier molecular flexibility index (Phi) is 1.53. The second kappa shape index (κ2) is 2.44. The lowest BCUT2D eigenvalue weighted by Gasteiger charge is -2.24. The number of Topliss-reactive ketones (excluding diaryl/α,β-unsaturated/α-hetero) is 1. The summed E-state index contributed by atoms with van der Waals surface area (Å²) < 4.78 is 5.00.